The number of nitrogens with zero attached hydrogens (tertiary/aromatic N) is 2. The summed E-state index contributed by atoms with van der Waals surface area (Å²) in [6.07, 6.45) is 0. The Kier molecular flexibility index (Phi) is 4.89. The molecule has 1 aromatic heterocycles. The van der Waals surface area contributed by atoms with Crippen molar-refractivity contribution in [1.82, 2.24) is 15.2 Å². The van der Waals surface area contributed by atoms with Gasteiger partial charge in [0.15, 0.2) is 23.2 Å². The molecule has 4 nitrogen and oxygen atoms in total. The second kappa shape index (κ2) is 7.10. The Morgan fingerprint density at radius 1 is 1.08 bits per heavy atom. The molecule has 3 rings (SSSR count). The molecule has 0 aliphatic rings. The molecule has 0 radical (unpaired) electrons. The van der Waals surface area contributed by atoms with Crippen molar-refractivity contribution < 1.29 is 18.0 Å². The first-order valence-corrected chi connectivity index (χ1v) is 8.17. The molecule has 128 valence electrons. The predicted octanol–water partition coefficient (Wildman–Crippen LogP) is 4.25. The van der Waals surface area contributed by atoms with E-state index in [0.29, 0.717) is 0 Å². The maximum absolute atomic E-state index is 13.8. The van der Waals surface area contributed by atoms with Gasteiger partial charge in [-0.15, -0.1) is 5.10 Å². The fourth-order valence-electron chi connectivity index (χ4n) is 2.17. The number of hydrogen-bond acceptors (Lipinski definition) is 4. The third-order valence-corrected chi connectivity index (χ3v) is 4.41. The second-order valence-electron chi connectivity index (χ2n) is 5.20. The van der Waals surface area contributed by atoms with E-state index in [2.05, 4.69) is 15.2 Å². The number of carbonyl (C=O) groups excluding carboxylic acids is 1. The third-order valence-electron chi connectivity index (χ3n) is 3.45. The summed E-state index contributed by atoms with van der Waals surface area (Å²) in [6, 6.07) is 9.08. The Morgan fingerprint density at radius 3 is 2.56 bits per heavy atom. The number of carbonyl (C=O) groups is 1. The Morgan fingerprint density at radius 2 is 1.84 bits per heavy atom. The molecular weight excluding hydrogens is 351 g/mol. The highest BCUT2D eigenvalue weighted by molar-refractivity contribution is 8.00. The molecule has 0 saturated heterocycles. The number of rotatable bonds is 5. The Balaban J connectivity index is 1.75. The molecule has 0 spiro atoms. The standard InChI is InChI=1S/C17H12F3N3OS/c1-9(15(24)10-6-7-13(19)14(20)8-10)25-17-21-16(22-23-17)11-4-2-3-5-12(11)18/h2-9H,1H3,(H,21,22,23)/t9-/m1/s1. The van der Waals surface area contributed by atoms with Crippen LogP contribution < -0.4 is 0 Å². The van der Waals surface area contributed by atoms with Crippen molar-refractivity contribution in [3.8, 4) is 11.4 Å². The molecule has 0 aliphatic carbocycles. The van der Waals surface area contributed by atoms with Gasteiger partial charge in [-0.1, -0.05) is 23.9 Å². The monoisotopic (exact) mass is 363 g/mol. The predicted molar refractivity (Wildman–Crippen MR) is 87.8 cm³/mol. The smallest absolute Gasteiger partial charge is 0.209 e. The minimum absolute atomic E-state index is 0.0590. The number of aromatic nitrogens is 3. The number of hydrogen-bond donors (Lipinski definition) is 1. The Hall–Kier alpha value is -2.61. The van der Waals surface area contributed by atoms with Gasteiger partial charge < -0.3 is 0 Å². The van der Waals surface area contributed by atoms with Gasteiger partial charge in [-0.2, -0.15) is 0 Å². The molecule has 0 unspecified atom stereocenters. The number of aromatic amines is 1. The van der Waals surface area contributed by atoms with Crippen molar-refractivity contribution in [3.05, 3.63) is 65.5 Å². The van der Waals surface area contributed by atoms with E-state index < -0.39 is 22.7 Å². The van der Waals surface area contributed by atoms with Crippen LogP contribution in [-0.4, -0.2) is 26.2 Å². The summed E-state index contributed by atoms with van der Waals surface area (Å²) >= 11 is 1.04. The van der Waals surface area contributed by atoms with Crippen LogP contribution in [0, 0.1) is 17.5 Å². The number of Topliss-reactive ketones (excluding diaryl/α,β-unsaturated/α-hetero) is 1. The van der Waals surface area contributed by atoms with Gasteiger partial charge in [0.25, 0.3) is 0 Å². The number of halogens is 3. The van der Waals surface area contributed by atoms with Crippen molar-refractivity contribution in [3.63, 3.8) is 0 Å². The number of thioether (sulfide) groups is 1. The van der Waals surface area contributed by atoms with Gasteiger partial charge >= 0.3 is 0 Å². The van der Waals surface area contributed by atoms with Crippen LogP contribution in [0.15, 0.2) is 47.6 Å². The van der Waals surface area contributed by atoms with Crippen LogP contribution in [0.2, 0.25) is 0 Å². The summed E-state index contributed by atoms with van der Waals surface area (Å²) in [5.74, 6) is -2.68. The van der Waals surface area contributed by atoms with Gasteiger partial charge in [0.05, 0.1) is 10.8 Å². The van der Waals surface area contributed by atoms with Gasteiger partial charge in [0.1, 0.15) is 5.82 Å². The second-order valence-corrected chi connectivity index (χ2v) is 6.51. The average molecular weight is 363 g/mol. The third kappa shape index (κ3) is 3.74. The summed E-state index contributed by atoms with van der Waals surface area (Å²) in [4.78, 5) is 16.5. The molecule has 1 N–H and O–H groups in total. The Labute approximate surface area is 145 Å². The summed E-state index contributed by atoms with van der Waals surface area (Å²) < 4.78 is 40.0. The van der Waals surface area contributed by atoms with E-state index in [1.807, 2.05) is 0 Å². The van der Waals surface area contributed by atoms with Crippen LogP contribution in [0.5, 0.6) is 0 Å². The van der Waals surface area contributed by atoms with Gasteiger partial charge in [-0.05, 0) is 37.3 Å². The van der Waals surface area contributed by atoms with E-state index in [1.54, 1.807) is 25.1 Å². The van der Waals surface area contributed by atoms with Gasteiger partial charge in [0, 0.05) is 5.56 Å². The summed E-state index contributed by atoms with van der Waals surface area (Å²) in [5.41, 5.74) is 0.324. The van der Waals surface area contributed by atoms with Crippen LogP contribution in [0.4, 0.5) is 13.2 Å². The zero-order valence-electron chi connectivity index (χ0n) is 13.0. The summed E-state index contributed by atoms with van der Waals surface area (Å²) in [7, 11) is 0. The molecule has 0 saturated carbocycles. The molecule has 0 aliphatic heterocycles. The SMILES string of the molecule is C[C@@H](Sc1n[nH]c(-c2ccccc2F)n1)C(=O)c1ccc(F)c(F)c1. The minimum atomic E-state index is -1.08. The highest BCUT2D eigenvalue weighted by atomic mass is 32.2. The molecule has 8 heteroatoms. The number of H-pyrrole nitrogens is 1. The number of nitrogens with one attached hydrogen (secondary N) is 1. The van der Waals surface area contributed by atoms with Crippen LogP contribution in [0.25, 0.3) is 11.4 Å². The molecule has 0 bridgehead atoms. The molecule has 1 heterocycles. The van der Waals surface area contributed by atoms with Crippen LogP contribution >= 0.6 is 11.8 Å². The normalized spacial score (nSPS) is 12.2. The fraction of sp³-hybridized carbons (Fsp3) is 0.118. The first kappa shape index (κ1) is 17.2. The van der Waals surface area contributed by atoms with Crippen molar-refractivity contribution in [2.75, 3.05) is 0 Å². The van der Waals surface area contributed by atoms with Crippen molar-refractivity contribution in [2.45, 2.75) is 17.3 Å². The lowest BCUT2D eigenvalue weighted by molar-refractivity contribution is 0.0993. The van der Waals surface area contributed by atoms with E-state index in [0.717, 1.165) is 23.9 Å². The molecule has 25 heavy (non-hydrogen) atoms. The highest BCUT2D eigenvalue weighted by Gasteiger charge is 2.20. The van der Waals surface area contributed by atoms with Crippen LogP contribution in [0.3, 0.4) is 0 Å². The zero-order chi connectivity index (χ0) is 18.0. The number of benzene rings is 2. The summed E-state index contributed by atoms with van der Waals surface area (Å²) in [6.45, 7) is 1.60. The van der Waals surface area contributed by atoms with E-state index in [1.165, 1.54) is 12.1 Å². The quantitative estimate of drug-likeness (QED) is 0.544. The topological polar surface area (TPSA) is 58.6 Å². The average Bonchev–Trinajstić information content (AvgIpc) is 3.05. The summed E-state index contributed by atoms with van der Waals surface area (Å²) in [5, 5.41) is 6.20. The van der Waals surface area contributed by atoms with Crippen LogP contribution in [-0.2, 0) is 0 Å². The maximum atomic E-state index is 13.8. The molecule has 3 aromatic rings. The largest absolute Gasteiger partial charge is 0.293 e. The van der Waals surface area contributed by atoms with Gasteiger partial charge in [-0.25, -0.2) is 18.2 Å². The zero-order valence-corrected chi connectivity index (χ0v) is 13.8. The van der Waals surface area contributed by atoms with Crippen molar-refractivity contribution in [2.24, 2.45) is 0 Å². The van der Waals surface area contributed by atoms with E-state index in [-0.39, 0.29) is 27.9 Å². The fourth-order valence-corrected chi connectivity index (χ4v) is 2.97. The first-order valence-electron chi connectivity index (χ1n) is 7.29. The van der Waals surface area contributed by atoms with Gasteiger partial charge in [0.2, 0.25) is 5.16 Å². The highest BCUT2D eigenvalue weighted by Crippen LogP contribution is 2.26. The lowest BCUT2D eigenvalue weighted by Gasteiger charge is -2.08. The van der Waals surface area contributed by atoms with E-state index >= 15 is 0 Å². The van der Waals surface area contributed by atoms with Crippen molar-refractivity contribution in [1.29, 1.82) is 0 Å². The molecule has 2 aromatic carbocycles. The number of ketones is 1. The minimum Gasteiger partial charge on any atom is -0.293 e. The maximum Gasteiger partial charge on any atom is 0.209 e. The molecule has 0 amide bonds. The lowest BCUT2D eigenvalue weighted by atomic mass is 10.1. The lowest BCUT2D eigenvalue weighted by Crippen LogP contribution is -2.14. The first-order chi connectivity index (χ1) is 12.0. The van der Waals surface area contributed by atoms with Gasteiger partial charge in [-0.3, -0.25) is 9.89 Å². The van der Waals surface area contributed by atoms with E-state index in [9.17, 15) is 18.0 Å². The molecule has 0 fully saturated rings. The van der Waals surface area contributed by atoms with Crippen LogP contribution in [0.1, 0.15) is 17.3 Å². The molecule has 1 atom stereocenters. The van der Waals surface area contributed by atoms with Crippen molar-refractivity contribution >= 4 is 17.5 Å². The molecular formula is C17H12F3N3OS. The Bertz CT molecular complexity index is 929. The van der Waals surface area contributed by atoms with E-state index in [4.69, 9.17) is 0 Å².